The van der Waals surface area contributed by atoms with E-state index in [1.165, 1.54) is 11.8 Å². The van der Waals surface area contributed by atoms with Crippen molar-refractivity contribution in [2.45, 2.75) is 24.8 Å². The summed E-state index contributed by atoms with van der Waals surface area (Å²) in [5, 5.41) is 8.77. The van der Waals surface area contributed by atoms with Crippen LogP contribution < -0.4 is 10.1 Å². The minimum atomic E-state index is -0.152. The summed E-state index contributed by atoms with van der Waals surface area (Å²) < 4.78 is 7.75. The molecule has 0 radical (unpaired) electrons. The van der Waals surface area contributed by atoms with E-state index in [1.807, 2.05) is 42.5 Å². The van der Waals surface area contributed by atoms with E-state index in [2.05, 4.69) is 17.2 Å². The van der Waals surface area contributed by atoms with Gasteiger partial charge in [0.15, 0.2) is 0 Å². The largest absolute Gasteiger partial charge is 0.493 e. The summed E-state index contributed by atoms with van der Waals surface area (Å²) in [7, 11) is 0. The first-order valence-electron chi connectivity index (χ1n) is 10.4. The maximum atomic E-state index is 12.4. The van der Waals surface area contributed by atoms with Gasteiger partial charge in [-0.05, 0) is 36.8 Å². The van der Waals surface area contributed by atoms with E-state index in [0.29, 0.717) is 17.3 Å². The lowest BCUT2D eigenvalue weighted by molar-refractivity contribution is -0.113. The maximum Gasteiger partial charge on any atom is 0.234 e. The third kappa shape index (κ3) is 5.23. The van der Waals surface area contributed by atoms with Crippen molar-refractivity contribution < 1.29 is 9.53 Å². The molecule has 0 aliphatic heterocycles. The summed E-state index contributed by atoms with van der Waals surface area (Å²) >= 11 is 7.48. The molecule has 0 aliphatic rings. The number of carbonyl (C=O) groups is 1. The van der Waals surface area contributed by atoms with Gasteiger partial charge in [-0.2, -0.15) is 5.10 Å². The lowest BCUT2D eigenvalue weighted by Crippen LogP contribution is -2.14. The molecule has 2 aromatic carbocycles. The van der Waals surface area contributed by atoms with E-state index in [1.54, 1.807) is 29.0 Å². The highest BCUT2D eigenvalue weighted by Crippen LogP contribution is 2.32. The van der Waals surface area contributed by atoms with Crippen LogP contribution in [0.4, 0.5) is 5.69 Å². The van der Waals surface area contributed by atoms with E-state index >= 15 is 0 Å². The molecule has 6 nitrogen and oxygen atoms in total. The number of amides is 1. The van der Waals surface area contributed by atoms with Crippen LogP contribution in [0, 0.1) is 0 Å². The summed E-state index contributed by atoms with van der Waals surface area (Å²) in [6.45, 7) is 2.81. The number of aromatic nitrogens is 3. The maximum absolute atomic E-state index is 12.4. The first kappa shape index (κ1) is 22.2. The van der Waals surface area contributed by atoms with Crippen LogP contribution in [0.3, 0.4) is 0 Å². The number of hydrogen-bond donors (Lipinski definition) is 1. The smallest absolute Gasteiger partial charge is 0.234 e. The fourth-order valence-corrected chi connectivity index (χ4v) is 4.11. The fraction of sp³-hybridized carbons (Fsp3) is 0.208. The zero-order valence-electron chi connectivity index (χ0n) is 17.6. The summed E-state index contributed by atoms with van der Waals surface area (Å²) in [6.07, 6.45) is 5.56. The molecular weight excluding hydrogens is 444 g/mol. The van der Waals surface area contributed by atoms with Crippen LogP contribution in [-0.4, -0.2) is 32.9 Å². The molecule has 0 bridgehead atoms. The molecular formula is C24H23ClN4O2S. The molecule has 2 heterocycles. The molecule has 0 unspecified atom stereocenters. The predicted octanol–water partition coefficient (Wildman–Crippen LogP) is 5.96. The summed E-state index contributed by atoms with van der Waals surface area (Å²) in [5.41, 5.74) is 3.16. The number of fused-ring (bicyclic) bond motifs is 1. The van der Waals surface area contributed by atoms with Crippen LogP contribution in [0.5, 0.6) is 5.75 Å². The van der Waals surface area contributed by atoms with Crippen LogP contribution in [-0.2, 0) is 4.79 Å². The van der Waals surface area contributed by atoms with E-state index < -0.39 is 0 Å². The Kier molecular flexibility index (Phi) is 7.29. The first-order chi connectivity index (χ1) is 15.7. The van der Waals surface area contributed by atoms with Gasteiger partial charge in [0.2, 0.25) is 5.91 Å². The van der Waals surface area contributed by atoms with Gasteiger partial charge >= 0.3 is 0 Å². The Labute approximate surface area is 196 Å². The number of para-hydroxylation sites is 2. The second-order valence-electron chi connectivity index (χ2n) is 7.11. The minimum Gasteiger partial charge on any atom is -0.493 e. The summed E-state index contributed by atoms with van der Waals surface area (Å²) in [5.74, 6) is 0.863. The molecule has 2 aromatic heterocycles. The Morgan fingerprint density at radius 2 is 2.00 bits per heavy atom. The lowest BCUT2D eigenvalue weighted by atomic mass is 10.1. The van der Waals surface area contributed by atoms with Crippen LogP contribution in [0.15, 0.2) is 72.0 Å². The normalized spacial score (nSPS) is 10.9. The Morgan fingerprint density at radius 1 is 1.19 bits per heavy atom. The van der Waals surface area contributed by atoms with Gasteiger partial charge < -0.3 is 10.1 Å². The number of thioether (sulfide) groups is 1. The molecule has 1 N–H and O–H groups in total. The van der Waals surface area contributed by atoms with Crippen molar-refractivity contribution in [3.8, 4) is 17.0 Å². The van der Waals surface area contributed by atoms with Crippen LogP contribution >= 0.6 is 23.4 Å². The van der Waals surface area contributed by atoms with Crippen molar-refractivity contribution in [3.05, 3.63) is 72.0 Å². The average Bonchev–Trinajstić information content (AvgIpc) is 3.24. The predicted molar refractivity (Wildman–Crippen MR) is 130 cm³/mol. The van der Waals surface area contributed by atoms with Crippen LogP contribution in [0.2, 0.25) is 5.02 Å². The van der Waals surface area contributed by atoms with Crippen molar-refractivity contribution in [2.75, 3.05) is 17.7 Å². The minimum absolute atomic E-state index is 0.152. The highest BCUT2D eigenvalue weighted by molar-refractivity contribution is 8.00. The number of ether oxygens (including phenoxy) is 1. The number of hydrogen-bond acceptors (Lipinski definition) is 5. The van der Waals surface area contributed by atoms with Gasteiger partial charge in [-0.1, -0.05) is 61.0 Å². The molecule has 1 amide bonds. The number of benzene rings is 2. The molecule has 8 heteroatoms. The van der Waals surface area contributed by atoms with Gasteiger partial charge in [0.25, 0.3) is 0 Å². The zero-order valence-corrected chi connectivity index (χ0v) is 19.2. The van der Waals surface area contributed by atoms with E-state index in [9.17, 15) is 4.79 Å². The van der Waals surface area contributed by atoms with Gasteiger partial charge in [0.1, 0.15) is 10.8 Å². The highest BCUT2D eigenvalue weighted by Gasteiger charge is 2.14. The van der Waals surface area contributed by atoms with E-state index in [-0.39, 0.29) is 11.7 Å². The SMILES string of the molecule is CCCCOc1ccccc1-c1cc2c(SCC(=O)Nc3ccccc3Cl)nccn2n1. The highest BCUT2D eigenvalue weighted by atomic mass is 35.5. The van der Waals surface area contributed by atoms with E-state index in [4.69, 9.17) is 21.4 Å². The number of anilines is 1. The van der Waals surface area contributed by atoms with Gasteiger partial charge in [-0.15, -0.1) is 0 Å². The standard InChI is InChI=1S/C24H23ClN4O2S/c1-2-3-14-31-22-11-7-4-8-17(22)20-15-21-24(26-12-13-29(21)28-20)32-16-23(30)27-19-10-6-5-9-18(19)25/h4-13,15H,2-3,14,16H2,1H3,(H,27,30). The molecule has 0 spiro atoms. The van der Waals surface area contributed by atoms with Crippen LogP contribution in [0.25, 0.3) is 16.8 Å². The Morgan fingerprint density at radius 3 is 2.84 bits per heavy atom. The molecule has 0 aliphatic carbocycles. The van der Waals surface area contributed by atoms with Crippen molar-refractivity contribution in [2.24, 2.45) is 0 Å². The van der Waals surface area contributed by atoms with Crippen molar-refractivity contribution >= 4 is 40.5 Å². The number of halogens is 1. The van der Waals surface area contributed by atoms with Gasteiger partial charge in [0, 0.05) is 18.0 Å². The molecule has 4 aromatic rings. The monoisotopic (exact) mass is 466 g/mol. The molecule has 0 fully saturated rings. The van der Waals surface area contributed by atoms with E-state index in [0.717, 1.165) is 40.4 Å². The third-order valence-corrected chi connectivity index (χ3v) is 6.09. The van der Waals surface area contributed by atoms with Crippen molar-refractivity contribution in [1.29, 1.82) is 0 Å². The zero-order chi connectivity index (χ0) is 22.3. The Hall–Kier alpha value is -3.03. The average molecular weight is 467 g/mol. The Bertz CT molecular complexity index is 1230. The first-order valence-corrected chi connectivity index (χ1v) is 11.8. The quantitative estimate of drug-likeness (QED) is 0.243. The lowest BCUT2D eigenvalue weighted by Gasteiger charge is -2.09. The molecule has 32 heavy (non-hydrogen) atoms. The van der Waals surface area contributed by atoms with Gasteiger partial charge in [0.05, 0.1) is 34.3 Å². The number of nitrogens with one attached hydrogen (secondary N) is 1. The topological polar surface area (TPSA) is 68.5 Å². The Balaban J connectivity index is 1.52. The second-order valence-corrected chi connectivity index (χ2v) is 8.48. The third-order valence-electron chi connectivity index (χ3n) is 4.76. The number of carbonyl (C=O) groups excluding carboxylic acids is 1. The molecule has 4 rings (SSSR count). The molecule has 0 saturated carbocycles. The van der Waals surface area contributed by atoms with Crippen molar-refractivity contribution in [1.82, 2.24) is 14.6 Å². The van der Waals surface area contributed by atoms with Gasteiger partial charge in [-0.3, -0.25) is 4.79 Å². The van der Waals surface area contributed by atoms with Gasteiger partial charge in [-0.25, -0.2) is 9.50 Å². The number of nitrogens with zero attached hydrogens (tertiary/aromatic N) is 3. The fourth-order valence-electron chi connectivity index (χ4n) is 3.15. The number of rotatable bonds is 9. The summed E-state index contributed by atoms with van der Waals surface area (Å²) in [6, 6.07) is 17.0. The molecule has 164 valence electrons. The summed E-state index contributed by atoms with van der Waals surface area (Å²) in [4.78, 5) is 16.9. The molecule has 0 saturated heterocycles. The second kappa shape index (κ2) is 10.5. The van der Waals surface area contributed by atoms with Crippen molar-refractivity contribution in [3.63, 3.8) is 0 Å². The van der Waals surface area contributed by atoms with Crippen LogP contribution in [0.1, 0.15) is 19.8 Å². The molecule has 0 atom stereocenters. The number of unbranched alkanes of at least 4 members (excludes halogenated alkanes) is 1.